The Kier molecular flexibility index (Phi) is 3.06. The maximum Gasteiger partial charge on any atom is 0.293 e. The molecule has 0 N–H and O–H groups in total. The molecule has 3 nitrogen and oxygen atoms in total. The van der Waals surface area contributed by atoms with Crippen molar-refractivity contribution in [1.29, 1.82) is 0 Å². The van der Waals surface area contributed by atoms with Crippen LogP contribution in [0.25, 0.3) is 0 Å². The topological polar surface area (TPSA) is 43.4 Å². The minimum Gasteiger partial charge on any atom is -0.463 e. The summed E-state index contributed by atoms with van der Waals surface area (Å²) in [6.45, 7) is 3.86. The van der Waals surface area contributed by atoms with Crippen molar-refractivity contribution in [3.63, 3.8) is 0 Å². The Morgan fingerprint density at radius 2 is 1.93 bits per heavy atom. The summed E-state index contributed by atoms with van der Waals surface area (Å²) in [5.41, 5.74) is -0.443. The fraction of sp³-hybridized carbons (Fsp3) is 0.750. The average molecular weight is 260 g/mol. The van der Waals surface area contributed by atoms with Crippen LogP contribution in [0.4, 0.5) is 0 Å². The lowest BCUT2D eigenvalue weighted by molar-refractivity contribution is -0.131. The molecule has 0 bridgehead atoms. The number of ether oxygens (including phenoxy) is 1. The maximum atomic E-state index is 11.5. The number of carbonyl (C=O) groups excluding carboxylic acids is 2. The van der Waals surface area contributed by atoms with E-state index in [9.17, 15) is 9.59 Å². The molecule has 0 aliphatic heterocycles. The van der Waals surface area contributed by atoms with E-state index in [0.717, 1.165) is 0 Å². The molecule has 1 fully saturated rings. The van der Waals surface area contributed by atoms with Crippen LogP contribution in [0.2, 0.25) is 0 Å². The van der Waals surface area contributed by atoms with E-state index in [2.05, 4.69) is 0 Å². The molecule has 1 rings (SSSR count). The minimum absolute atomic E-state index is 0.304. The highest BCUT2D eigenvalue weighted by Gasteiger charge is 2.66. The first kappa shape index (κ1) is 12.1. The Labute approximate surface area is 96.6 Å². The van der Waals surface area contributed by atoms with Gasteiger partial charge in [0, 0.05) is 5.41 Å². The molecule has 1 aliphatic rings. The molecule has 2 unspecified atom stereocenters. The molecule has 0 heterocycles. The normalized spacial score (nSPS) is 29.5. The number of hydrogen-bond acceptors (Lipinski definition) is 3. The van der Waals surface area contributed by atoms with Gasteiger partial charge >= 0.3 is 0 Å². The van der Waals surface area contributed by atoms with Gasteiger partial charge in [-0.25, -0.2) is 0 Å². The number of alkyl halides is 3. The summed E-state index contributed by atoms with van der Waals surface area (Å²) in [5, 5.41) is 0. The summed E-state index contributed by atoms with van der Waals surface area (Å²) in [7, 11) is 0. The summed E-state index contributed by atoms with van der Waals surface area (Å²) in [4.78, 5) is 21.7. The van der Waals surface area contributed by atoms with Crippen LogP contribution < -0.4 is 0 Å². The quantitative estimate of drug-likeness (QED) is 0.576. The van der Waals surface area contributed by atoms with Crippen LogP contribution in [-0.4, -0.2) is 22.2 Å². The number of halogens is 3. The van der Waals surface area contributed by atoms with E-state index in [1.165, 1.54) is 0 Å². The Hall–Kier alpha value is 0.01000. The molecule has 6 heteroatoms. The van der Waals surface area contributed by atoms with Crippen LogP contribution >= 0.6 is 34.8 Å². The fourth-order valence-electron chi connectivity index (χ4n) is 1.56. The van der Waals surface area contributed by atoms with Gasteiger partial charge in [0.15, 0.2) is 5.78 Å². The molecular formula is C8H9Cl3O3. The second kappa shape index (κ2) is 3.54. The van der Waals surface area contributed by atoms with Gasteiger partial charge in [0.05, 0.1) is 5.92 Å². The predicted octanol–water partition coefficient (Wildman–Crippen LogP) is 2.12. The number of rotatable bonds is 3. The minimum atomic E-state index is -1.94. The van der Waals surface area contributed by atoms with Crippen LogP contribution in [0.5, 0.6) is 0 Å². The molecule has 1 aliphatic carbocycles. The molecule has 0 radical (unpaired) electrons. The Bertz CT molecular complexity index is 269. The van der Waals surface area contributed by atoms with Crippen molar-refractivity contribution < 1.29 is 14.3 Å². The van der Waals surface area contributed by atoms with Gasteiger partial charge in [-0.2, -0.15) is 0 Å². The second-order valence-corrected chi connectivity index (χ2v) is 6.10. The molecule has 1 saturated carbocycles. The van der Waals surface area contributed by atoms with E-state index in [1.54, 1.807) is 13.8 Å². The van der Waals surface area contributed by atoms with Crippen LogP contribution in [0.3, 0.4) is 0 Å². The standard InChI is InChI=1S/C8H9Cl3O3/c1-7(2)4(6(7)14-3-12)5(13)8(9,10)11/h3-4,6H,1-2H3. The molecule has 0 aromatic rings. The largest absolute Gasteiger partial charge is 0.463 e. The van der Waals surface area contributed by atoms with Crippen molar-refractivity contribution in [1.82, 2.24) is 0 Å². The Morgan fingerprint density at radius 3 is 2.29 bits per heavy atom. The number of hydrogen-bond donors (Lipinski definition) is 0. The van der Waals surface area contributed by atoms with Crippen LogP contribution in [0.15, 0.2) is 0 Å². The smallest absolute Gasteiger partial charge is 0.293 e. The lowest BCUT2D eigenvalue weighted by atomic mass is 10.1. The Morgan fingerprint density at radius 1 is 1.43 bits per heavy atom. The summed E-state index contributed by atoms with van der Waals surface area (Å²) in [6.07, 6.45) is -0.483. The van der Waals surface area contributed by atoms with Crippen molar-refractivity contribution in [2.45, 2.75) is 23.7 Å². The van der Waals surface area contributed by atoms with Crippen LogP contribution in [0.1, 0.15) is 13.8 Å². The highest BCUT2D eigenvalue weighted by atomic mass is 35.6. The van der Waals surface area contributed by atoms with Gasteiger partial charge in [-0.3, -0.25) is 9.59 Å². The summed E-state index contributed by atoms with van der Waals surface area (Å²) < 4.78 is 2.78. The Balaban J connectivity index is 2.74. The van der Waals surface area contributed by atoms with E-state index >= 15 is 0 Å². The molecule has 0 aromatic heterocycles. The molecular weight excluding hydrogens is 250 g/mol. The van der Waals surface area contributed by atoms with Crippen molar-refractivity contribution in [2.24, 2.45) is 11.3 Å². The number of ketones is 1. The van der Waals surface area contributed by atoms with Gasteiger partial charge in [-0.1, -0.05) is 48.7 Å². The van der Waals surface area contributed by atoms with Crippen molar-refractivity contribution in [3.05, 3.63) is 0 Å². The van der Waals surface area contributed by atoms with E-state index in [0.29, 0.717) is 6.47 Å². The SMILES string of the molecule is CC1(C)C(OC=O)C1C(=O)C(Cl)(Cl)Cl. The van der Waals surface area contributed by atoms with Crippen molar-refractivity contribution >= 4 is 47.1 Å². The lowest BCUT2D eigenvalue weighted by Gasteiger charge is -2.08. The van der Waals surface area contributed by atoms with E-state index in [4.69, 9.17) is 39.5 Å². The number of carbonyl (C=O) groups is 2. The van der Waals surface area contributed by atoms with Crippen molar-refractivity contribution in [2.75, 3.05) is 0 Å². The summed E-state index contributed by atoms with van der Waals surface area (Å²) >= 11 is 16.3. The third kappa shape index (κ3) is 2.00. The van der Waals surface area contributed by atoms with E-state index < -0.39 is 27.0 Å². The fourth-order valence-corrected chi connectivity index (χ4v) is 1.91. The predicted molar refractivity (Wildman–Crippen MR) is 53.5 cm³/mol. The van der Waals surface area contributed by atoms with Gasteiger partial charge in [-0.05, 0) is 0 Å². The van der Waals surface area contributed by atoms with E-state index in [1.807, 2.05) is 0 Å². The zero-order valence-corrected chi connectivity index (χ0v) is 9.86. The van der Waals surface area contributed by atoms with E-state index in [-0.39, 0.29) is 0 Å². The molecule has 0 aromatic carbocycles. The molecule has 0 amide bonds. The van der Waals surface area contributed by atoms with Crippen molar-refractivity contribution in [3.8, 4) is 0 Å². The first-order chi connectivity index (χ1) is 6.23. The first-order valence-corrected chi connectivity index (χ1v) is 5.06. The highest BCUT2D eigenvalue weighted by Crippen LogP contribution is 2.57. The molecule has 0 spiro atoms. The molecule has 14 heavy (non-hydrogen) atoms. The van der Waals surface area contributed by atoms with Crippen LogP contribution in [-0.2, 0) is 14.3 Å². The highest BCUT2D eigenvalue weighted by molar-refractivity contribution is 6.76. The molecule has 0 saturated heterocycles. The molecule has 80 valence electrons. The third-order valence-corrected chi connectivity index (χ3v) is 3.05. The summed E-state index contributed by atoms with van der Waals surface area (Å²) in [5.74, 6) is -1.06. The molecule has 2 atom stereocenters. The van der Waals surface area contributed by atoms with Gasteiger partial charge in [0.25, 0.3) is 6.47 Å². The first-order valence-electron chi connectivity index (χ1n) is 3.93. The number of Topliss-reactive ketones (excluding diaryl/α,β-unsaturated/α-hetero) is 1. The monoisotopic (exact) mass is 258 g/mol. The second-order valence-electron chi connectivity index (χ2n) is 3.81. The van der Waals surface area contributed by atoms with Gasteiger partial charge < -0.3 is 4.74 Å². The third-order valence-electron chi connectivity index (χ3n) is 2.49. The average Bonchev–Trinajstić information content (AvgIpc) is 2.51. The van der Waals surface area contributed by atoms with Crippen LogP contribution in [0, 0.1) is 11.3 Å². The van der Waals surface area contributed by atoms with Gasteiger partial charge in [-0.15, -0.1) is 0 Å². The zero-order chi connectivity index (χ0) is 11.1. The van der Waals surface area contributed by atoms with Gasteiger partial charge in [0.1, 0.15) is 6.10 Å². The van der Waals surface area contributed by atoms with Gasteiger partial charge in [0.2, 0.25) is 3.79 Å². The zero-order valence-electron chi connectivity index (χ0n) is 7.59. The summed E-state index contributed by atoms with van der Waals surface area (Å²) in [6, 6.07) is 0. The maximum absolute atomic E-state index is 11.5. The lowest BCUT2D eigenvalue weighted by Crippen LogP contribution is -2.23.